The fourth-order valence-corrected chi connectivity index (χ4v) is 5.97. The summed E-state index contributed by atoms with van der Waals surface area (Å²) in [5, 5.41) is 11.8. The topological polar surface area (TPSA) is 135 Å². The fourth-order valence-electron chi connectivity index (χ4n) is 5.32. The first-order valence-electron chi connectivity index (χ1n) is 14.4. The second kappa shape index (κ2) is 13.1. The molecule has 4 bridgehead atoms. The normalized spacial score (nSPS) is 19.2. The largest absolute Gasteiger partial charge is 0.493 e. The highest BCUT2D eigenvalue weighted by Crippen LogP contribution is 2.40. The van der Waals surface area contributed by atoms with Gasteiger partial charge >= 0.3 is 0 Å². The Hall–Kier alpha value is -4.03. The number of thiazole rings is 1. The minimum Gasteiger partial charge on any atom is -0.493 e. The van der Waals surface area contributed by atoms with Gasteiger partial charge in [0, 0.05) is 54.7 Å². The summed E-state index contributed by atoms with van der Waals surface area (Å²) >= 11 is 1.57. The summed E-state index contributed by atoms with van der Waals surface area (Å²) in [4.78, 5) is 51.2. The van der Waals surface area contributed by atoms with Crippen LogP contribution >= 0.6 is 11.3 Å². The molecule has 0 saturated heterocycles. The molecule has 3 aromatic rings. The third-order valence-electron chi connectivity index (χ3n) is 7.69. The molecule has 1 aromatic carbocycles. The lowest BCUT2D eigenvalue weighted by molar-refractivity contribution is -0.130. The van der Waals surface area contributed by atoms with Crippen molar-refractivity contribution in [2.75, 3.05) is 27.3 Å². The first-order valence-corrected chi connectivity index (χ1v) is 15.3. The first-order chi connectivity index (χ1) is 20.7. The maximum Gasteiger partial charge on any atom is 0.253 e. The Morgan fingerprint density at radius 3 is 2.56 bits per heavy atom. The average Bonchev–Trinajstić information content (AvgIpc) is 3.59. The maximum absolute atomic E-state index is 13.4. The number of nitrogens with one attached hydrogen (secondary N) is 3. The van der Waals surface area contributed by atoms with Crippen molar-refractivity contribution in [1.82, 2.24) is 30.8 Å². The van der Waals surface area contributed by atoms with E-state index in [-0.39, 0.29) is 17.7 Å². The zero-order valence-electron chi connectivity index (χ0n) is 24.9. The maximum atomic E-state index is 13.4. The highest BCUT2D eigenvalue weighted by molar-refractivity contribution is 7.09. The molecule has 3 N–H and O–H groups in total. The van der Waals surface area contributed by atoms with Gasteiger partial charge < -0.3 is 25.4 Å². The van der Waals surface area contributed by atoms with Crippen LogP contribution in [0.3, 0.4) is 0 Å². The predicted molar refractivity (Wildman–Crippen MR) is 163 cm³/mol. The smallest absolute Gasteiger partial charge is 0.253 e. The number of rotatable bonds is 6. The monoisotopic (exact) mass is 606 g/mol. The number of aromatic nitrogens is 2. The Kier molecular flexibility index (Phi) is 9.26. The van der Waals surface area contributed by atoms with Crippen molar-refractivity contribution < 1.29 is 23.9 Å². The van der Waals surface area contributed by atoms with Crippen LogP contribution in [0.2, 0.25) is 0 Å². The molecule has 1 spiro atoms. The van der Waals surface area contributed by atoms with Gasteiger partial charge in [-0.15, -0.1) is 11.3 Å². The molecule has 1 fully saturated rings. The number of hydrogen-bond acceptors (Lipinski definition) is 9. The molecule has 1 aliphatic heterocycles. The van der Waals surface area contributed by atoms with Crippen LogP contribution < -0.4 is 25.4 Å². The summed E-state index contributed by atoms with van der Waals surface area (Å²) in [5.41, 5.74) is 1.60. The van der Waals surface area contributed by atoms with Gasteiger partial charge in [0.1, 0.15) is 16.6 Å². The number of hydrogen-bond donors (Lipinski definition) is 3. The highest BCUT2D eigenvalue weighted by Gasteiger charge is 2.52. The molecular formula is C31H38N6O5S. The lowest BCUT2D eigenvalue weighted by Crippen LogP contribution is -2.55. The molecule has 1 saturated carbocycles. The van der Waals surface area contributed by atoms with Gasteiger partial charge in [-0.25, -0.2) is 4.98 Å². The number of ether oxygens (including phenoxy) is 2. The first kappa shape index (κ1) is 30.4. The number of nitrogens with zero attached hydrogens (tertiary/aromatic N) is 3. The summed E-state index contributed by atoms with van der Waals surface area (Å²) in [6, 6.07) is 4.96. The van der Waals surface area contributed by atoms with E-state index in [4.69, 9.17) is 9.47 Å². The molecule has 228 valence electrons. The summed E-state index contributed by atoms with van der Waals surface area (Å²) in [7, 11) is 3.16. The van der Waals surface area contributed by atoms with Crippen molar-refractivity contribution >= 4 is 29.1 Å². The van der Waals surface area contributed by atoms with Gasteiger partial charge in [0.25, 0.3) is 5.91 Å². The van der Waals surface area contributed by atoms with Crippen LogP contribution in [-0.4, -0.2) is 71.5 Å². The van der Waals surface area contributed by atoms with Crippen molar-refractivity contribution in [2.45, 2.75) is 57.8 Å². The third-order valence-corrected chi connectivity index (χ3v) is 8.46. The molecule has 1 atom stereocenters. The molecule has 11 nitrogen and oxygen atoms in total. The van der Waals surface area contributed by atoms with Gasteiger partial charge in [0.2, 0.25) is 11.8 Å². The SMILES string of the molecule is COc1cc2cc(c1OC)-c1cncc(c1)C(=O)NC1(CC1)C(=O)N[C@H](CC(C)C)C(=O)NCCN(Cc1nccs1)C2. The van der Waals surface area contributed by atoms with E-state index >= 15 is 0 Å². The molecule has 2 aliphatic rings. The Morgan fingerprint density at radius 2 is 1.88 bits per heavy atom. The van der Waals surface area contributed by atoms with Crippen molar-refractivity contribution in [3.05, 3.63) is 58.3 Å². The van der Waals surface area contributed by atoms with Gasteiger partial charge in [0.15, 0.2) is 11.5 Å². The molecule has 3 heterocycles. The molecule has 43 heavy (non-hydrogen) atoms. The third kappa shape index (κ3) is 7.14. The minimum absolute atomic E-state index is 0.174. The standard InChI is InChI=1S/C31H38N6O5S/c1-19(2)11-24-29(39)34-7-9-37(18-26-33-8-10-43-26)17-20-12-23(27(42-4)25(13-20)41-3)21-14-22(16-32-15-21)28(38)36-31(5-6-31)30(40)35-24/h8,10,12-16,19,24H,5-7,9,11,17-18H2,1-4H3,(H,34,39)(H,35,40)(H,36,38)/t24-/m1/s1. The van der Waals surface area contributed by atoms with Crippen LogP contribution in [0.1, 0.15) is 54.0 Å². The van der Waals surface area contributed by atoms with E-state index in [1.165, 1.54) is 6.20 Å². The molecule has 12 heteroatoms. The van der Waals surface area contributed by atoms with Gasteiger partial charge in [0.05, 0.1) is 26.3 Å². The van der Waals surface area contributed by atoms with Crippen LogP contribution in [0, 0.1) is 5.92 Å². The Balaban J connectivity index is 1.55. The van der Waals surface area contributed by atoms with Crippen LogP contribution in [0.5, 0.6) is 11.5 Å². The van der Waals surface area contributed by atoms with Gasteiger partial charge in [-0.2, -0.15) is 0 Å². The predicted octanol–water partition coefficient (Wildman–Crippen LogP) is 3.15. The van der Waals surface area contributed by atoms with Gasteiger partial charge in [-0.05, 0) is 48.9 Å². The van der Waals surface area contributed by atoms with Crippen LogP contribution in [0.15, 0.2) is 42.2 Å². The molecule has 3 amide bonds. The Morgan fingerprint density at radius 1 is 1.09 bits per heavy atom. The molecule has 5 rings (SSSR count). The quantitative estimate of drug-likeness (QED) is 0.390. The number of pyridine rings is 1. The number of amides is 3. The van der Waals surface area contributed by atoms with E-state index in [1.54, 1.807) is 44.0 Å². The number of carbonyl (C=O) groups is 3. The van der Waals surface area contributed by atoms with Crippen LogP contribution in [0.4, 0.5) is 0 Å². The lowest BCUT2D eigenvalue weighted by Gasteiger charge is -2.26. The number of carbonyl (C=O) groups excluding carboxylic acids is 3. The second-order valence-corrected chi connectivity index (χ2v) is 12.4. The summed E-state index contributed by atoms with van der Waals surface area (Å²) in [6.45, 7) is 6.06. The van der Waals surface area contributed by atoms with E-state index in [0.717, 1.165) is 16.1 Å². The number of fused-ring (bicyclic) bond motifs is 5. The summed E-state index contributed by atoms with van der Waals surface area (Å²) in [6.07, 6.45) is 6.39. The Bertz CT molecular complexity index is 1470. The van der Waals surface area contributed by atoms with Crippen molar-refractivity contribution in [3.63, 3.8) is 0 Å². The number of methoxy groups -OCH3 is 2. The van der Waals surface area contributed by atoms with Crippen molar-refractivity contribution in [2.24, 2.45) is 5.92 Å². The lowest BCUT2D eigenvalue weighted by atomic mass is 10.00. The highest BCUT2D eigenvalue weighted by atomic mass is 32.1. The zero-order chi connectivity index (χ0) is 30.6. The van der Waals surface area contributed by atoms with Crippen molar-refractivity contribution in [3.8, 4) is 22.6 Å². The summed E-state index contributed by atoms with van der Waals surface area (Å²) < 4.78 is 11.5. The zero-order valence-corrected chi connectivity index (χ0v) is 25.8. The van der Waals surface area contributed by atoms with E-state index in [0.29, 0.717) is 68.1 Å². The van der Waals surface area contributed by atoms with Gasteiger partial charge in [-0.1, -0.05) is 13.8 Å². The van der Waals surface area contributed by atoms with E-state index in [2.05, 4.69) is 30.8 Å². The number of benzene rings is 1. The molecule has 2 aromatic heterocycles. The minimum atomic E-state index is -1.06. The summed E-state index contributed by atoms with van der Waals surface area (Å²) in [5.74, 6) is 0.235. The average molecular weight is 607 g/mol. The van der Waals surface area contributed by atoms with E-state index < -0.39 is 17.5 Å². The van der Waals surface area contributed by atoms with Crippen LogP contribution in [0.25, 0.3) is 11.1 Å². The van der Waals surface area contributed by atoms with Crippen molar-refractivity contribution in [1.29, 1.82) is 0 Å². The van der Waals surface area contributed by atoms with E-state index in [9.17, 15) is 14.4 Å². The van der Waals surface area contributed by atoms with E-state index in [1.807, 2.05) is 31.4 Å². The van der Waals surface area contributed by atoms with Crippen LogP contribution in [-0.2, 0) is 22.7 Å². The second-order valence-electron chi connectivity index (χ2n) is 11.5. The molecule has 1 aliphatic carbocycles. The fraction of sp³-hybridized carbons (Fsp3) is 0.452. The molecule has 0 unspecified atom stereocenters. The Labute approximate surface area is 255 Å². The van der Waals surface area contributed by atoms with Gasteiger partial charge in [-0.3, -0.25) is 24.3 Å². The molecule has 0 radical (unpaired) electrons. The molecular weight excluding hydrogens is 568 g/mol.